The monoisotopic (exact) mass is 409 g/mol. The van der Waals surface area contributed by atoms with Crippen molar-refractivity contribution >= 4 is 23.4 Å². The summed E-state index contributed by atoms with van der Waals surface area (Å²) in [6, 6.07) is 12.6. The molecule has 0 fully saturated rings. The van der Waals surface area contributed by atoms with Crippen molar-refractivity contribution in [1.29, 1.82) is 0 Å². The van der Waals surface area contributed by atoms with Gasteiger partial charge in [0, 0.05) is 5.69 Å². The van der Waals surface area contributed by atoms with Crippen molar-refractivity contribution in [2.45, 2.75) is 47.1 Å². The Balaban J connectivity index is 1.92. The van der Waals surface area contributed by atoms with E-state index < -0.39 is 6.04 Å². The van der Waals surface area contributed by atoms with Crippen LogP contribution in [-0.4, -0.2) is 30.3 Å². The molecule has 0 aliphatic rings. The lowest BCUT2D eigenvalue weighted by Gasteiger charge is -2.22. The zero-order chi connectivity index (χ0) is 22.3. The van der Waals surface area contributed by atoms with Crippen molar-refractivity contribution in [1.82, 2.24) is 10.6 Å². The zero-order valence-corrected chi connectivity index (χ0v) is 18.3. The topological polar surface area (TPSA) is 87.3 Å². The molecule has 0 spiro atoms. The summed E-state index contributed by atoms with van der Waals surface area (Å²) in [4.78, 5) is 37.3. The Hall–Kier alpha value is -3.15. The number of amides is 3. The summed E-state index contributed by atoms with van der Waals surface area (Å²) in [6.45, 7) is 9.42. The van der Waals surface area contributed by atoms with Crippen LogP contribution in [0.1, 0.15) is 36.1 Å². The highest BCUT2D eigenvalue weighted by Crippen LogP contribution is 2.21. The Morgan fingerprint density at radius 2 is 1.50 bits per heavy atom. The summed E-state index contributed by atoms with van der Waals surface area (Å²) in [7, 11) is 0. The van der Waals surface area contributed by atoms with Crippen molar-refractivity contribution in [3.8, 4) is 0 Å². The minimum absolute atomic E-state index is 0.116. The molecule has 3 N–H and O–H groups in total. The van der Waals surface area contributed by atoms with E-state index in [9.17, 15) is 14.4 Å². The van der Waals surface area contributed by atoms with Crippen LogP contribution in [-0.2, 0) is 20.8 Å². The maximum Gasteiger partial charge on any atom is 0.243 e. The lowest BCUT2D eigenvalue weighted by Crippen LogP contribution is -2.51. The molecule has 1 atom stereocenters. The van der Waals surface area contributed by atoms with Gasteiger partial charge in [0.05, 0.1) is 13.0 Å². The molecular weight excluding hydrogens is 378 g/mol. The van der Waals surface area contributed by atoms with E-state index in [0.29, 0.717) is 0 Å². The molecular formula is C24H31N3O3. The maximum atomic E-state index is 12.6. The van der Waals surface area contributed by atoms with Gasteiger partial charge in [-0.05, 0) is 43.4 Å². The fraction of sp³-hybridized carbons (Fsp3) is 0.375. The van der Waals surface area contributed by atoms with Crippen molar-refractivity contribution in [2.75, 3.05) is 11.9 Å². The van der Waals surface area contributed by atoms with Gasteiger partial charge in [-0.1, -0.05) is 61.9 Å². The van der Waals surface area contributed by atoms with Crippen LogP contribution in [0.5, 0.6) is 0 Å². The molecule has 160 valence electrons. The average molecular weight is 410 g/mol. The largest absolute Gasteiger partial charge is 0.345 e. The second-order valence-electron chi connectivity index (χ2n) is 7.99. The SMILES string of the molecule is Cc1cc(C)c(NC(=O)CNC(=O)[C@H](NC(=O)Cc2ccccc2)C(C)C)c(C)c1. The van der Waals surface area contributed by atoms with E-state index >= 15 is 0 Å². The maximum absolute atomic E-state index is 12.6. The van der Waals surface area contributed by atoms with Crippen LogP contribution in [0.2, 0.25) is 0 Å². The van der Waals surface area contributed by atoms with Crippen LogP contribution in [0, 0.1) is 26.7 Å². The minimum atomic E-state index is -0.711. The van der Waals surface area contributed by atoms with Crippen molar-refractivity contribution in [3.63, 3.8) is 0 Å². The predicted molar refractivity (Wildman–Crippen MR) is 119 cm³/mol. The highest BCUT2D eigenvalue weighted by atomic mass is 16.2. The number of carbonyl (C=O) groups excluding carboxylic acids is 3. The number of anilines is 1. The van der Waals surface area contributed by atoms with Gasteiger partial charge in [0.25, 0.3) is 0 Å². The summed E-state index contributed by atoms with van der Waals surface area (Å²) < 4.78 is 0. The molecule has 0 saturated carbocycles. The van der Waals surface area contributed by atoms with E-state index in [1.807, 2.05) is 77.1 Å². The number of hydrogen-bond donors (Lipinski definition) is 3. The Morgan fingerprint density at radius 3 is 2.07 bits per heavy atom. The van der Waals surface area contributed by atoms with E-state index in [2.05, 4.69) is 16.0 Å². The molecule has 2 aromatic carbocycles. The van der Waals surface area contributed by atoms with Crippen LogP contribution >= 0.6 is 0 Å². The van der Waals surface area contributed by atoms with E-state index in [1.54, 1.807) is 0 Å². The van der Waals surface area contributed by atoms with Crippen molar-refractivity contribution in [3.05, 3.63) is 64.7 Å². The predicted octanol–water partition coefficient (Wildman–Crippen LogP) is 3.05. The minimum Gasteiger partial charge on any atom is -0.345 e. The quantitative estimate of drug-likeness (QED) is 0.626. The average Bonchev–Trinajstić information content (AvgIpc) is 2.67. The van der Waals surface area contributed by atoms with Crippen LogP contribution in [0.15, 0.2) is 42.5 Å². The van der Waals surface area contributed by atoms with Gasteiger partial charge in [-0.2, -0.15) is 0 Å². The van der Waals surface area contributed by atoms with Gasteiger partial charge in [-0.3, -0.25) is 14.4 Å². The van der Waals surface area contributed by atoms with Crippen LogP contribution in [0.4, 0.5) is 5.69 Å². The summed E-state index contributed by atoms with van der Waals surface area (Å²) >= 11 is 0. The summed E-state index contributed by atoms with van der Waals surface area (Å²) in [5.74, 6) is -1.03. The van der Waals surface area contributed by atoms with E-state index in [1.165, 1.54) is 0 Å². The van der Waals surface area contributed by atoms with Crippen LogP contribution in [0.3, 0.4) is 0 Å². The van der Waals surface area contributed by atoms with Crippen LogP contribution < -0.4 is 16.0 Å². The molecule has 2 rings (SSSR count). The van der Waals surface area contributed by atoms with E-state index in [-0.39, 0.29) is 36.6 Å². The second kappa shape index (κ2) is 10.6. The first-order valence-corrected chi connectivity index (χ1v) is 10.2. The molecule has 0 aliphatic carbocycles. The number of aryl methyl sites for hydroxylation is 3. The molecule has 6 heteroatoms. The number of benzene rings is 2. The molecule has 0 bridgehead atoms. The highest BCUT2D eigenvalue weighted by molar-refractivity contribution is 5.97. The number of rotatable bonds is 8. The Labute approximate surface area is 178 Å². The molecule has 3 amide bonds. The fourth-order valence-electron chi connectivity index (χ4n) is 3.38. The molecule has 0 aliphatic heterocycles. The molecule has 6 nitrogen and oxygen atoms in total. The molecule has 0 heterocycles. The standard InChI is InChI=1S/C24H31N3O3/c1-15(2)22(26-20(28)13-19-9-7-6-8-10-19)24(30)25-14-21(29)27-23-17(4)11-16(3)12-18(23)5/h6-12,15,22H,13-14H2,1-5H3,(H,25,30)(H,26,28)(H,27,29)/t22-/m1/s1. The number of carbonyl (C=O) groups is 3. The lowest BCUT2D eigenvalue weighted by atomic mass is 10.0. The molecule has 0 saturated heterocycles. The Morgan fingerprint density at radius 1 is 0.900 bits per heavy atom. The third-order valence-electron chi connectivity index (χ3n) is 4.84. The molecule has 0 aromatic heterocycles. The molecule has 30 heavy (non-hydrogen) atoms. The molecule has 0 unspecified atom stereocenters. The fourth-order valence-corrected chi connectivity index (χ4v) is 3.38. The first-order chi connectivity index (χ1) is 14.2. The third kappa shape index (κ3) is 6.72. The third-order valence-corrected chi connectivity index (χ3v) is 4.84. The molecule has 0 radical (unpaired) electrons. The van der Waals surface area contributed by atoms with Crippen LogP contribution in [0.25, 0.3) is 0 Å². The lowest BCUT2D eigenvalue weighted by molar-refractivity contribution is -0.130. The van der Waals surface area contributed by atoms with Crippen molar-refractivity contribution < 1.29 is 14.4 Å². The van der Waals surface area contributed by atoms with E-state index in [4.69, 9.17) is 0 Å². The second-order valence-corrected chi connectivity index (χ2v) is 7.99. The molecule has 2 aromatic rings. The summed E-state index contributed by atoms with van der Waals surface area (Å²) in [6.07, 6.45) is 0.198. The normalized spacial score (nSPS) is 11.7. The van der Waals surface area contributed by atoms with Gasteiger partial charge in [0.15, 0.2) is 0 Å². The van der Waals surface area contributed by atoms with Gasteiger partial charge in [-0.25, -0.2) is 0 Å². The first-order valence-electron chi connectivity index (χ1n) is 10.2. The van der Waals surface area contributed by atoms with Gasteiger partial charge >= 0.3 is 0 Å². The Kier molecular flexibility index (Phi) is 8.16. The summed E-state index contributed by atoms with van der Waals surface area (Å²) in [5.41, 5.74) is 4.71. The smallest absolute Gasteiger partial charge is 0.243 e. The Bertz CT molecular complexity index is 884. The number of nitrogens with one attached hydrogen (secondary N) is 3. The van der Waals surface area contributed by atoms with Gasteiger partial charge < -0.3 is 16.0 Å². The first kappa shape index (κ1) is 23.1. The van der Waals surface area contributed by atoms with Gasteiger partial charge in [0.2, 0.25) is 17.7 Å². The highest BCUT2D eigenvalue weighted by Gasteiger charge is 2.24. The van der Waals surface area contributed by atoms with E-state index in [0.717, 1.165) is 27.9 Å². The summed E-state index contributed by atoms with van der Waals surface area (Å²) in [5, 5.41) is 8.28. The van der Waals surface area contributed by atoms with Crippen molar-refractivity contribution in [2.24, 2.45) is 5.92 Å². The number of hydrogen-bond acceptors (Lipinski definition) is 3. The van der Waals surface area contributed by atoms with Gasteiger partial charge in [-0.15, -0.1) is 0 Å². The zero-order valence-electron chi connectivity index (χ0n) is 18.3. The van der Waals surface area contributed by atoms with Gasteiger partial charge in [0.1, 0.15) is 6.04 Å².